The van der Waals surface area contributed by atoms with Gasteiger partial charge in [0.25, 0.3) is 0 Å². The van der Waals surface area contributed by atoms with E-state index in [0.29, 0.717) is 25.7 Å². The van der Waals surface area contributed by atoms with Crippen LogP contribution in [0.3, 0.4) is 0 Å². The molecule has 1 unspecified atom stereocenters. The van der Waals surface area contributed by atoms with Gasteiger partial charge in [0.15, 0.2) is 0 Å². The maximum atomic E-state index is 12.2. The van der Waals surface area contributed by atoms with Crippen LogP contribution in [0.1, 0.15) is 6.42 Å². The third-order valence-electron chi connectivity index (χ3n) is 4.23. The first-order chi connectivity index (χ1) is 8.16. The molecule has 3 heterocycles. The van der Waals surface area contributed by atoms with Gasteiger partial charge in [-0.25, -0.2) is 0 Å². The van der Waals surface area contributed by atoms with E-state index in [-0.39, 0.29) is 23.7 Å². The molecule has 0 aromatic carbocycles. The molecule has 3 aliphatic rings. The highest BCUT2D eigenvalue weighted by molar-refractivity contribution is 5.85. The Bertz CT molecular complexity index is 352. The van der Waals surface area contributed by atoms with Gasteiger partial charge in [-0.1, -0.05) is 0 Å². The Hall–Kier alpha value is -1.10. The molecule has 0 saturated carbocycles. The van der Waals surface area contributed by atoms with Crippen LogP contribution in [0.5, 0.6) is 0 Å². The monoisotopic (exact) mass is 238 g/mol. The van der Waals surface area contributed by atoms with Gasteiger partial charge in [-0.15, -0.1) is 0 Å². The normalized spacial score (nSPS) is 36.8. The maximum absolute atomic E-state index is 12.2. The van der Waals surface area contributed by atoms with Crippen molar-refractivity contribution in [1.82, 2.24) is 9.80 Å². The van der Waals surface area contributed by atoms with E-state index < -0.39 is 0 Å². The zero-order valence-corrected chi connectivity index (χ0v) is 10.1. The minimum atomic E-state index is 0.0293. The maximum Gasteiger partial charge on any atom is 0.228 e. The fourth-order valence-corrected chi connectivity index (χ4v) is 3.23. The van der Waals surface area contributed by atoms with Crippen molar-refractivity contribution in [2.75, 3.05) is 39.9 Å². The average Bonchev–Trinajstić information content (AvgIpc) is 2.99. The molecule has 5 heteroatoms. The van der Waals surface area contributed by atoms with Crippen molar-refractivity contribution in [3.63, 3.8) is 0 Å². The molecule has 3 atom stereocenters. The molecular weight excluding hydrogens is 220 g/mol. The summed E-state index contributed by atoms with van der Waals surface area (Å²) in [6, 6.07) is 0. The zero-order chi connectivity index (χ0) is 12.0. The topological polar surface area (TPSA) is 49.9 Å². The van der Waals surface area contributed by atoms with Crippen LogP contribution in [0.2, 0.25) is 0 Å². The van der Waals surface area contributed by atoms with Gasteiger partial charge < -0.3 is 14.5 Å². The fraction of sp³-hybridized carbons (Fsp3) is 0.833. The highest BCUT2D eigenvalue weighted by atomic mass is 16.5. The van der Waals surface area contributed by atoms with E-state index in [1.165, 1.54) is 0 Å². The number of fused-ring (bicyclic) bond motifs is 1. The van der Waals surface area contributed by atoms with Crippen LogP contribution in [-0.2, 0) is 14.3 Å². The summed E-state index contributed by atoms with van der Waals surface area (Å²) in [5, 5.41) is 0. The summed E-state index contributed by atoms with van der Waals surface area (Å²) in [5.41, 5.74) is 0. The molecule has 94 valence electrons. The molecule has 0 spiro atoms. The first kappa shape index (κ1) is 11.0. The van der Waals surface area contributed by atoms with Crippen molar-refractivity contribution < 1.29 is 14.3 Å². The minimum Gasteiger partial charge on any atom is -0.381 e. The number of nitrogens with zero attached hydrogens (tertiary/aromatic N) is 2. The van der Waals surface area contributed by atoms with E-state index in [0.717, 1.165) is 19.5 Å². The molecule has 3 fully saturated rings. The Kier molecular flexibility index (Phi) is 2.58. The van der Waals surface area contributed by atoms with Crippen molar-refractivity contribution in [2.24, 2.45) is 17.8 Å². The lowest BCUT2D eigenvalue weighted by Crippen LogP contribution is -2.37. The second-order valence-electron chi connectivity index (χ2n) is 5.39. The summed E-state index contributed by atoms with van der Waals surface area (Å²) in [6.07, 6.45) is 0.832. The Morgan fingerprint density at radius 1 is 1.35 bits per heavy atom. The summed E-state index contributed by atoms with van der Waals surface area (Å²) < 4.78 is 5.25. The largest absolute Gasteiger partial charge is 0.381 e. The summed E-state index contributed by atoms with van der Waals surface area (Å²) >= 11 is 0. The second-order valence-corrected chi connectivity index (χ2v) is 5.39. The molecule has 5 nitrogen and oxygen atoms in total. The summed E-state index contributed by atoms with van der Waals surface area (Å²) in [5.74, 6) is 0.812. The van der Waals surface area contributed by atoms with Gasteiger partial charge in [-0.2, -0.15) is 0 Å². The van der Waals surface area contributed by atoms with Gasteiger partial charge >= 0.3 is 0 Å². The Balaban J connectivity index is 1.65. The Morgan fingerprint density at radius 2 is 2.18 bits per heavy atom. The zero-order valence-electron chi connectivity index (χ0n) is 10.1. The van der Waals surface area contributed by atoms with Crippen LogP contribution in [0, 0.1) is 17.8 Å². The van der Waals surface area contributed by atoms with Gasteiger partial charge in [0.2, 0.25) is 11.8 Å². The summed E-state index contributed by atoms with van der Waals surface area (Å²) in [7, 11) is 1.84. The van der Waals surface area contributed by atoms with Crippen molar-refractivity contribution in [2.45, 2.75) is 6.42 Å². The smallest absolute Gasteiger partial charge is 0.228 e. The lowest BCUT2D eigenvalue weighted by atomic mass is 10.0. The summed E-state index contributed by atoms with van der Waals surface area (Å²) in [4.78, 5) is 27.7. The van der Waals surface area contributed by atoms with Gasteiger partial charge in [0, 0.05) is 39.2 Å². The van der Waals surface area contributed by atoms with Crippen molar-refractivity contribution in [3.05, 3.63) is 0 Å². The van der Waals surface area contributed by atoms with Gasteiger partial charge in [-0.05, 0) is 6.42 Å². The molecule has 0 N–H and O–H groups in total. The number of ether oxygens (including phenoxy) is 1. The predicted octanol–water partition coefficient (Wildman–Crippen LogP) is -0.430. The molecule has 17 heavy (non-hydrogen) atoms. The SMILES string of the molecule is CN1C[C@@H]2CN(C(=O)C3CCOC3)C[C@H]2C1=O. The van der Waals surface area contributed by atoms with Crippen LogP contribution in [0.4, 0.5) is 0 Å². The lowest BCUT2D eigenvalue weighted by Gasteiger charge is -2.21. The number of rotatable bonds is 1. The average molecular weight is 238 g/mol. The van der Waals surface area contributed by atoms with E-state index in [4.69, 9.17) is 4.74 Å². The Labute approximate surface area is 101 Å². The molecule has 3 rings (SSSR count). The fourth-order valence-electron chi connectivity index (χ4n) is 3.23. The highest BCUT2D eigenvalue weighted by Gasteiger charge is 2.47. The Morgan fingerprint density at radius 3 is 2.82 bits per heavy atom. The first-order valence-electron chi connectivity index (χ1n) is 6.28. The van der Waals surface area contributed by atoms with Crippen molar-refractivity contribution >= 4 is 11.8 Å². The first-order valence-corrected chi connectivity index (χ1v) is 6.28. The predicted molar refractivity (Wildman–Crippen MR) is 60.1 cm³/mol. The number of hydrogen-bond donors (Lipinski definition) is 0. The molecule has 0 bridgehead atoms. The van der Waals surface area contributed by atoms with Crippen LogP contribution < -0.4 is 0 Å². The van der Waals surface area contributed by atoms with Crippen molar-refractivity contribution in [3.8, 4) is 0 Å². The quantitative estimate of drug-likeness (QED) is 0.623. The third kappa shape index (κ3) is 1.73. The van der Waals surface area contributed by atoms with E-state index in [1.807, 2.05) is 11.9 Å². The molecule has 0 aromatic heterocycles. The van der Waals surface area contributed by atoms with Crippen LogP contribution in [0.15, 0.2) is 0 Å². The van der Waals surface area contributed by atoms with Gasteiger partial charge in [0.1, 0.15) is 0 Å². The van der Waals surface area contributed by atoms with Gasteiger partial charge in [0.05, 0.1) is 18.4 Å². The van der Waals surface area contributed by atoms with Crippen LogP contribution in [0.25, 0.3) is 0 Å². The minimum absolute atomic E-state index is 0.0293. The van der Waals surface area contributed by atoms with E-state index in [1.54, 1.807) is 4.90 Å². The second kappa shape index (κ2) is 3.98. The number of amides is 2. The third-order valence-corrected chi connectivity index (χ3v) is 4.23. The van der Waals surface area contributed by atoms with Crippen LogP contribution >= 0.6 is 0 Å². The number of carbonyl (C=O) groups excluding carboxylic acids is 2. The standard InChI is InChI=1S/C12H18N2O3/c1-13-4-9-5-14(6-10(9)12(13)16)11(15)8-2-3-17-7-8/h8-10H,2-7H2,1H3/t8?,9-,10-/m1/s1. The molecule has 0 aromatic rings. The number of carbonyl (C=O) groups is 2. The van der Waals surface area contributed by atoms with Crippen molar-refractivity contribution in [1.29, 1.82) is 0 Å². The molecule has 0 aliphatic carbocycles. The molecular formula is C12H18N2O3. The van der Waals surface area contributed by atoms with E-state index >= 15 is 0 Å². The molecule has 2 amide bonds. The van der Waals surface area contributed by atoms with E-state index in [9.17, 15) is 9.59 Å². The number of likely N-dealkylation sites (tertiary alicyclic amines) is 2. The summed E-state index contributed by atoms with van der Waals surface area (Å²) in [6.45, 7) is 3.41. The molecule has 0 radical (unpaired) electrons. The van der Waals surface area contributed by atoms with E-state index in [2.05, 4.69) is 0 Å². The van der Waals surface area contributed by atoms with Gasteiger partial charge in [-0.3, -0.25) is 9.59 Å². The lowest BCUT2D eigenvalue weighted by molar-refractivity contribution is -0.135. The molecule has 3 aliphatic heterocycles. The van der Waals surface area contributed by atoms with Crippen LogP contribution in [-0.4, -0.2) is 61.5 Å². The highest BCUT2D eigenvalue weighted by Crippen LogP contribution is 2.32. The molecule has 3 saturated heterocycles. The number of hydrogen-bond acceptors (Lipinski definition) is 3.